The summed E-state index contributed by atoms with van der Waals surface area (Å²) in [5.74, 6) is 0.674. The van der Waals surface area contributed by atoms with Gasteiger partial charge < -0.3 is 10.2 Å². The number of thioether (sulfide) groups is 1. The minimum atomic E-state index is -0.267. The zero-order valence-electron chi connectivity index (χ0n) is 8.69. The molecule has 4 nitrogen and oxygen atoms in total. The second kappa shape index (κ2) is 5.61. The Morgan fingerprint density at radius 3 is 2.94 bits per heavy atom. The van der Waals surface area contributed by atoms with Crippen LogP contribution in [0.4, 0.5) is 4.39 Å². The third kappa shape index (κ3) is 3.27. The topological polar surface area (TPSA) is 64.9 Å². The van der Waals surface area contributed by atoms with Crippen LogP contribution in [0.3, 0.4) is 0 Å². The summed E-state index contributed by atoms with van der Waals surface area (Å²) < 4.78 is 19.1. The second-order valence-electron chi connectivity index (χ2n) is 3.19. The minimum Gasteiger partial charge on any atom is -0.415 e. The van der Waals surface area contributed by atoms with Crippen molar-refractivity contribution in [3.05, 3.63) is 39.9 Å². The van der Waals surface area contributed by atoms with Crippen molar-refractivity contribution in [1.82, 2.24) is 10.2 Å². The van der Waals surface area contributed by atoms with Gasteiger partial charge in [0.1, 0.15) is 5.82 Å². The Kier molecular flexibility index (Phi) is 4.14. The first-order chi connectivity index (χ1) is 8.19. The molecular formula is C10H9BrFN3OS. The second-order valence-corrected chi connectivity index (χ2v) is 4.97. The molecule has 7 heteroatoms. The van der Waals surface area contributed by atoms with E-state index in [4.69, 9.17) is 10.2 Å². The first kappa shape index (κ1) is 12.5. The predicted molar refractivity (Wildman–Crippen MR) is 65.9 cm³/mol. The maximum Gasteiger partial charge on any atom is 0.276 e. The Labute approximate surface area is 110 Å². The molecule has 2 rings (SSSR count). The van der Waals surface area contributed by atoms with E-state index in [-0.39, 0.29) is 12.4 Å². The van der Waals surface area contributed by atoms with Crippen LogP contribution in [0.5, 0.6) is 0 Å². The van der Waals surface area contributed by atoms with Gasteiger partial charge in [-0.15, -0.1) is 10.2 Å². The highest BCUT2D eigenvalue weighted by molar-refractivity contribution is 9.10. The molecule has 2 aromatic rings. The summed E-state index contributed by atoms with van der Waals surface area (Å²) in [7, 11) is 0. The van der Waals surface area contributed by atoms with Gasteiger partial charge in [-0.3, -0.25) is 0 Å². The zero-order chi connectivity index (χ0) is 12.3. The van der Waals surface area contributed by atoms with E-state index in [9.17, 15) is 4.39 Å². The van der Waals surface area contributed by atoms with Crippen LogP contribution < -0.4 is 5.73 Å². The Morgan fingerprint density at radius 1 is 1.41 bits per heavy atom. The van der Waals surface area contributed by atoms with Gasteiger partial charge in [-0.05, 0) is 23.8 Å². The monoisotopic (exact) mass is 317 g/mol. The van der Waals surface area contributed by atoms with Gasteiger partial charge in [0, 0.05) is 10.2 Å². The lowest BCUT2D eigenvalue weighted by atomic mass is 10.2. The summed E-state index contributed by atoms with van der Waals surface area (Å²) in [5, 5.41) is 7.98. The molecule has 1 aromatic carbocycles. The van der Waals surface area contributed by atoms with E-state index in [1.807, 2.05) is 0 Å². The lowest BCUT2D eigenvalue weighted by Gasteiger charge is -2.01. The zero-order valence-corrected chi connectivity index (χ0v) is 11.1. The van der Waals surface area contributed by atoms with Crippen molar-refractivity contribution in [2.24, 2.45) is 5.73 Å². The summed E-state index contributed by atoms with van der Waals surface area (Å²) in [5.41, 5.74) is 6.19. The summed E-state index contributed by atoms with van der Waals surface area (Å²) in [4.78, 5) is 0. The molecule has 90 valence electrons. The quantitative estimate of drug-likeness (QED) is 0.878. The Bertz CT molecular complexity index is 520. The molecule has 0 saturated heterocycles. The molecule has 17 heavy (non-hydrogen) atoms. The lowest BCUT2D eigenvalue weighted by molar-refractivity contribution is 0.414. The Balaban J connectivity index is 2.04. The van der Waals surface area contributed by atoms with Gasteiger partial charge in [-0.1, -0.05) is 27.7 Å². The van der Waals surface area contributed by atoms with Gasteiger partial charge >= 0.3 is 0 Å². The van der Waals surface area contributed by atoms with Gasteiger partial charge in [-0.25, -0.2) is 4.39 Å². The molecule has 2 N–H and O–H groups in total. The van der Waals surface area contributed by atoms with Crippen LogP contribution in [0.25, 0.3) is 0 Å². The number of halogens is 2. The first-order valence-corrected chi connectivity index (χ1v) is 6.56. The fraction of sp³-hybridized carbons (Fsp3) is 0.200. The summed E-state index contributed by atoms with van der Waals surface area (Å²) >= 11 is 4.70. The first-order valence-electron chi connectivity index (χ1n) is 4.78. The molecule has 0 atom stereocenters. The van der Waals surface area contributed by atoms with Crippen molar-refractivity contribution in [1.29, 1.82) is 0 Å². The van der Waals surface area contributed by atoms with Gasteiger partial charge in [0.15, 0.2) is 0 Å². The summed E-state index contributed by atoms with van der Waals surface area (Å²) in [6.07, 6.45) is 0. The maximum absolute atomic E-state index is 13.0. The lowest BCUT2D eigenvalue weighted by Crippen LogP contribution is -1.95. The van der Waals surface area contributed by atoms with Gasteiger partial charge in [0.05, 0.1) is 6.54 Å². The molecule has 0 aliphatic carbocycles. The highest BCUT2D eigenvalue weighted by atomic mass is 79.9. The molecule has 0 saturated carbocycles. The maximum atomic E-state index is 13.0. The van der Waals surface area contributed by atoms with Crippen molar-refractivity contribution in [2.75, 3.05) is 0 Å². The van der Waals surface area contributed by atoms with E-state index in [1.165, 1.54) is 23.9 Å². The number of rotatable bonds is 4. The number of hydrogen-bond acceptors (Lipinski definition) is 5. The van der Waals surface area contributed by atoms with E-state index in [0.29, 0.717) is 16.9 Å². The highest BCUT2D eigenvalue weighted by Crippen LogP contribution is 2.26. The molecule has 1 aromatic heterocycles. The van der Waals surface area contributed by atoms with E-state index in [0.717, 1.165) is 10.0 Å². The largest absolute Gasteiger partial charge is 0.415 e. The summed E-state index contributed by atoms with van der Waals surface area (Å²) in [6, 6.07) is 4.54. The van der Waals surface area contributed by atoms with Crippen molar-refractivity contribution < 1.29 is 8.81 Å². The van der Waals surface area contributed by atoms with Crippen molar-refractivity contribution in [3.63, 3.8) is 0 Å². The smallest absolute Gasteiger partial charge is 0.276 e. The number of benzene rings is 1. The third-order valence-electron chi connectivity index (χ3n) is 1.98. The fourth-order valence-electron chi connectivity index (χ4n) is 1.17. The molecule has 0 radical (unpaired) electrons. The number of hydrogen-bond donors (Lipinski definition) is 1. The normalized spacial score (nSPS) is 10.8. The average molecular weight is 318 g/mol. The van der Waals surface area contributed by atoms with Crippen LogP contribution in [0.2, 0.25) is 0 Å². The molecule has 1 heterocycles. The minimum absolute atomic E-state index is 0.219. The molecule has 0 aliphatic heterocycles. The van der Waals surface area contributed by atoms with Gasteiger partial charge in [0.2, 0.25) is 5.89 Å². The van der Waals surface area contributed by atoms with E-state index in [2.05, 4.69) is 26.1 Å². The van der Waals surface area contributed by atoms with Gasteiger partial charge in [0.25, 0.3) is 5.22 Å². The molecular weight excluding hydrogens is 309 g/mol. The predicted octanol–water partition coefficient (Wildman–Crippen LogP) is 2.72. The molecule has 0 spiro atoms. The molecule has 0 amide bonds. The average Bonchev–Trinajstić information content (AvgIpc) is 2.78. The molecule has 0 bridgehead atoms. The molecule has 0 unspecified atom stereocenters. The van der Waals surface area contributed by atoms with Crippen molar-refractivity contribution >= 4 is 27.7 Å². The fourth-order valence-corrected chi connectivity index (χ4v) is 2.52. The SMILES string of the molecule is NCc1nnc(SCc2cc(F)ccc2Br)o1. The van der Waals surface area contributed by atoms with Crippen molar-refractivity contribution in [3.8, 4) is 0 Å². The Hall–Kier alpha value is -0.920. The third-order valence-corrected chi connectivity index (χ3v) is 3.62. The van der Waals surface area contributed by atoms with Crippen LogP contribution in [-0.4, -0.2) is 10.2 Å². The van der Waals surface area contributed by atoms with E-state index < -0.39 is 0 Å². The number of nitrogens with two attached hydrogens (primary N) is 1. The number of aromatic nitrogens is 2. The molecule has 0 fully saturated rings. The van der Waals surface area contributed by atoms with E-state index in [1.54, 1.807) is 6.07 Å². The number of nitrogens with zero attached hydrogens (tertiary/aromatic N) is 2. The van der Waals surface area contributed by atoms with Crippen LogP contribution >= 0.6 is 27.7 Å². The standard InChI is InChI=1S/C10H9BrFN3OS/c11-8-2-1-7(12)3-6(8)5-17-10-15-14-9(4-13)16-10/h1-3H,4-5,13H2. The van der Waals surface area contributed by atoms with Crippen LogP contribution in [0.15, 0.2) is 32.3 Å². The van der Waals surface area contributed by atoms with E-state index >= 15 is 0 Å². The van der Waals surface area contributed by atoms with Crippen molar-refractivity contribution in [2.45, 2.75) is 17.5 Å². The Morgan fingerprint density at radius 2 is 2.24 bits per heavy atom. The van der Waals surface area contributed by atoms with Crippen LogP contribution in [-0.2, 0) is 12.3 Å². The molecule has 0 aliphatic rings. The summed E-state index contributed by atoms with van der Waals surface area (Å²) in [6.45, 7) is 0.219. The highest BCUT2D eigenvalue weighted by Gasteiger charge is 2.08. The van der Waals surface area contributed by atoms with Gasteiger partial charge in [-0.2, -0.15) is 0 Å². The van der Waals surface area contributed by atoms with Crippen LogP contribution in [0, 0.1) is 5.82 Å². The van der Waals surface area contributed by atoms with Crippen LogP contribution in [0.1, 0.15) is 11.5 Å².